The van der Waals surface area contributed by atoms with Gasteiger partial charge in [0.15, 0.2) is 0 Å². The Kier molecular flexibility index (Phi) is 28.5. The van der Waals surface area contributed by atoms with Crippen LogP contribution in [0.2, 0.25) is 0 Å². The lowest BCUT2D eigenvalue weighted by Gasteiger charge is -2.14. The molecule has 0 atom stereocenters. The number of alkyl carbamates (subject to hydrolysis) is 1. The zero-order chi connectivity index (χ0) is 41.9. The maximum atomic E-state index is 12.2. The Hall–Kier alpha value is -3.79. The first-order valence-electron chi connectivity index (χ1n) is 20.0. The zero-order valence-electron chi connectivity index (χ0n) is 33.9. The quantitative estimate of drug-likeness (QED) is 0.0823. The van der Waals surface area contributed by atoms with Gasteiger partial charge in [0, 0.05) is 19.0 Å². The van der Waals surface area contributed by atoms with E-state index in [1.165, 1.54) is 22.3 Å². The van der Waals surface area contributed by atoms with Gasteiger partial charge in [0.05, 0.1) is 132 Å². The monoisotopic (exact) mass is 838 g/mol. The van der Waals surface area contributed by atoms with E-state index < -0.39 is 24.6 Å². The summed E-state index contributed by atoms with van der Waals surface area (Å²) in [4.78, 5) is 33.9. The third kappa shape index (κ3) is 24.2. The highest BCUT2D eigenvalue weighted by Crippen LogP contribution is 2.44. The van der Waals surface area contributed by atoms with Crippen LogP contribution in [0.5, 0.6) is 0 Å². The van der Waals surface area contributed by atoms with Crippen LogP contribution in [0.4, 0.5) is 4.79 Å². The zero-order valence-corrected chi connectivity index (χ0v) is 33.9. The fraction of sp³-hybridized carbons (Fsp3) is 0.634. The summed E-state index contributed by atoms with van der Waals surface area (Å²) >= 11 is 0. The third-order valence-corrected chi connectivity index (χ3v) is 8.23. The van der Waals surface area contributed by atoms with Gasteiger partial charge in [0.25, 0.3) is 0 Å². The Bertz CT molecular complexity index is 1360. The van der Waals surface area contributed by atoms with Crippen LogP contribution in [-0.2, 0) is 66.4 Å². The molecule has 0 aromatic heterocycles. The predicted molar refractivity (Wildman–Crippen MR) is 213 cm³/mol. The van der Waals surface area contributed by atoms with E-state index in [-0.39, 0.29) is 19.1 Å². The van der Waals surface area contributed by atoms with Gasteiger partial charge in [0.1, 0.15) is 19.8 Å². The Morgan fingerprint density at radius 3 is 1.15 bits per heavy atom. The normalized spacial score (nSPS) is 12.0. The molecule has 1 aliphatic rings. The first-order chi connectivity index (χ1) is 29.1. The van der Waals surface area contributed by atoms with Crippen LogP contribution in [0.3, 0.4) is 0 Å². The molecule has 0 radical (unpaired) electrons. The molecule has 332 valence electrons. The van der Waals surface area contributed by atoms with Crippen LogP contribution in [0, 0.1) is 0 Å². The molecule has 18 nitrogen and oxygen atoms in total. The second-order valence-corrected chi connectivity index (χ2v) is 12.6. The van der Waals surface area contributed by atoms with Gasteiger partial charge in [-0.2, -0.15) is 0 Å². The highest BCUT2D eigenvalue weighted by Gasteiger charge is 2.29. The molecule has 18 heteroatoms. The van der Waals surface area contributed by atoms with Gasteiger partial charge in [-0.1, -0.05) is 48.5 Å². The lowest BCUT2D eigenvalue weighted by molar-refractivity contribution is -0.143. The van der Waals surface area contributed by atoms with Crippen LogP contribution in [-0.4, -0.2) is 188 Å². The van der Waals surface area contributed by atoms with Crippen molar-refractivity contribution in [3.8, 4) is 11.1 Å². The number of benzene rings is 2. The minimum Gasteiger partial charge on any atom is -0.480 e. The second-order valence-electron chi connectivity index (χ2n) is 12.6. The van der Waals surface area contributed by atoms with Crippen molar-refractivity contribution in [1.82, 2.24) is 10.6 Å². The molecule has 0 saturated heterocycles. The molecule has 2 amide bonds. The van der Waals surface area contributed by atoms with E-state index in [1.54, 1.807) is 0 Å². The number of amides is 2. The number of ether oxygens (including phenoxy) is 12. The summed E-state index contributed by atoms with van der Waals surface area (Å²) in [5.74, 6) is -1.50. The number of carbonyl (C=O) groups is 3. The first-order valence-corrected chi connectivity index (χ1v) is 20.0. The first kappa shape index (κ1) is 49.6. The fourth-order valence-electron chi connectivity index (χ4n) is 5.50. The number of nitrogens with one attached hydrogen (secondary N) is 2. The van der Waals surface area contributed by atoms with E-state index in [0.717, 1.165) is 0 Å². The van der Waals surface area contributed by atoms with Gasteiger partial charge in [-0.05, 0) is 22.3 Å². The lowest BCUT2D eigenvalue weighted by Crippen LogP contribution is -2.31. The minimum absolute atomic E-state index is 0.0279. The molecular formula is C41H62N2O16. The Morgan fingerprint density at radius 1 is 0.441 bits per heavy atom. The van der Waals surface area contributed by atoms with Crippen molar-refractivity contribution in [3.63, 3.8) is 0 Å². The lowest BCUT2D eigenvalue weighted by atomic mass is 9.98. The molecular weight excluding hydrogens is 776 g/mol. The number of fused-ring (bicyclic) bond motifs is 3. The van der Waals surface area contributed by atoms with Crippen molar-refractivity contribution < 1.29 is 76.3 Å². The van der Waals surface area contributed by atoms with E-state index in [0.29, 0.717) is 145 Å². The predicted octanol–water partition coefficient (Wildman–Crippen LogP) is 1.91. The van der Waals surface area contributed by atoms with Gasteiger partial charge in [0.2, 0.25) is 5.91 Å². The average Bonchev–Trinajstić information content (AvgIpc) is 3.56. The average molecular weight is 839 g/mol. The van der Waals surface area contributed by atoms with E-state index in [4.69, 9.17) is 57.2 Å². The van der Waals surface area contributed by atoms with Gasteiger partial charge in [-0.15, -0.1) is 0 Å². The molecule has 0 bridgehead atoms. The molecule has 0 heterocycles. The Morgan fingerprint density at radius 2 is 0.780 bits per heavy atom. The molecule has 0 saturated carbocycles. The smallest absolute Gasteiger partial charge is 0.407 e. The summed E-state index contributed by atoms with van der Waals surface area (Å²) in [7, 11) is 0. The van der Waals surface area contributed by atoms with Crippen molar-refractivity contribution >= 4 is 18.0 Å². The summed E-state index contributed by atoms with van der Waals surface area (Å²) in [5.41, 5.74) is 4.74. The van der Waals surface area contributed by atoms with E-state index >= 15 is 0 Å². The van der Waals surface area contributed by atoms with Crippen LogP contribution in [0.15, 0.2) is 48.5 Å². The van der Waals surface area contributed by atoms with Crippen LogP contribution < -0.4 is 10.6 Å². The molecule has 3 rings (SSSR count). The summed E-state index contributed by atoms with van der Waals surface area (Å²) in [5, 5.41) is 13.7. The van der Waals surface area contributed by atoms with E-state index in [2.05, 4.69) is 39.6 Å². The van der Waals surface area contributed by atoms with E-state index in [1.807, 2.05) is 24.3 Å². The number of hydrogen-bond acceptors (Lipinski definition) is 15. The summed E-state index contributed by atoms with van der Waals surface area (Å²) in [6, 6.07) is 16.5. The van der Waals surface area contributed by atoms with Crippen LogP contribution >= 0.6 is 0 Å². The summed E-state index contributed by atoms with van der Waals surface area (Å²) < 4.78 is 64.8. The molecule has 3 N–H and O–H groups in total. The third-order valence-electron chi connectivity index (χ3n) is 8.23. The van der Waals surface area contributed by atoms with Crippen molar-refractivity contribution in [2.24, 2.45) is 0 Å². The number of carboxylic acid groups (broad SMARTS) is 1. The highest BCUT2D eigenvalue weighted by molar-refractivity contribution is 5.79. The van der Waals surface area contributed by atoms with Crippen molar-refractivity contribution in [2.75, 3.05) is 165 Å². The number of hydrogen-bond donors (Lipinski definition) is 3. The van der Waals surface area contributed by atoms with Gasteiger partial charge >= 0.3 is 12.1 Å². The minimum atomic E-state index is -1.13. The highest BCUT2D eigenvalue weighted by atomic mass is 16.6. The van der Waals surface area contributed by atoms with Crippen LogP contribution in [0.25, 0.3) is 11.1 Å². The van der Waals surface area contributed by atoms with E-state index in [9.17, 15) is 14.4 Å². The number of carboxylic acids is 1. The molecule has 1 aliphatic carbocycles. The van der Waals surface area contributed by atoms with Crippen molar-refractivity contribution in [3.05, 3.63) is 59.7 Å². The molecule has 0 unspecified atom stereocenters. The topological polar surface area (TPSA) is 206 Å². The number of carbonyl (C=O) groups excluding carboxylic acids is 2. The number of rotatable bonds is 39. The summed E-state index contributed by atoms with van der Waals surface area (Å²) in [6.07, 6.45) is -0.461. The fourth-order valence-corrected chi connectivity index (χ4v) is 5.50. The maximum absolute atomic E-state index is 12.2. The molecule has 2 aromatic rings. The SMILES string of the molecule is O=C(O)COCC(=O)NCCOCCOCCOCCOCCOCCOCCOCCOCCOCCOCCNC(=O)OCC1c2ccccc2-c2ccccc21. The molecule has 2 aromatic carbocycles. The summed E-state index contributed by atoms with van der Waals surface area (Å²) in [6.45, 7) is 8.73. The second kappa shape index (κ2) is 34.0. The largest absolute Gasteiger partial charge is 0.480 e. The Labute approximate surface area is 346 Å². The molecule has 0 aliphatic heterocycles. The standard InChI is InChI=1S/C41H62N2O16/c44-39(32-58-33-40(45)46)42-9-11-48-13-15-50-17-19-52-21-23-54-25-27-56-29-30-57-28-26-55-24-22-53-20-18-51-16-14-49-12-10-43-41(47)59-31-38-36-7-3-1-5-34(36)35-6-2-4-8-37(35)38/h1-8,38H,9-33H2,(H,42,44)(H,43,47)(H,45,46). The molecule has 0 fully saturated rings. The van der Waals surface area contributed by atoms with Crippen molar-refractivity contribution in [2.45, 2.75) is 5.92 Å². The van der Waals surface area contributed by atoms with Crippen LogP contribution in [0.1, 0.15) is 17.0 Å². The Balaban J connectivity index is 0.933. The molecule has 59 heavy (non-hydrogen) atoms. The van der Waals surface area contributed by atoms with Gasteiger partial charge in [-0.25, -0.2) is 9.59 Å². The molecule has 0 spiro atoms. The number of aliphatic carboxylic acids is 1. The maximum Gasteiger partial charge on any atom is 0.407 e. The van der Waals surface area contributed by atoms with Crippen molar-refractivity contribution in [1.29, 1.82) is 0 Å². The van der Waals surface area contributed by atoms with Gasteiger partial charge < -0.3 is 72.6 Å². The van der Waals surface area contributed by atoms with Gasteiger partial charge in [-0.3, -0.25) is 4.79 Å².